The van der Waals surface area contributed by atoms with Crippen molar-refractivity contribution in [3.05, 3.63) is 27.9 Å². The number of pyridine rings is 1. The van der Waals surface area contributed by atoms with Crippen LogP contribution in [0.25, 0.3) is 0 Å². The van der Waals surface area contributed by atoms with Gasteiger partial charge in [-0.05, 0) is 6.07 Å². The first kappa shape index (κ1) is 12.0. The van der Waals surface area contributed by atoms with Gasteiger partial charge in [-0.1, -0.05) is 0 Å². The molecule has 1 fully saturated rings. The van der Waals surface area contributed by atoms with Crippen molar-refractivity contribution in [2.45, 2.75) is 12.8 Å². The Morgan fingerprint density at radius 2 is 2.11 bits per heavy atom. The highest BCUT2D eigenvalue weighted by molar-refractivity contribution is 5.81. The summed E-state index contributed by atoms with van der Waals surface area (Å²) in [6.07, 6.45) is 2.09. The van der Waals surface area contributed by atoms with Crippen LogP contribution in [0.2, 0.25) is 0 Å². The number of anilines is 1. The molecule has 18 heavy (non-hydrogen) atoms. The maximum Gasteiger partial charge on any atom is 0.329 e. The molecule has 1 aromatic rings. The summed E-state index contributed by atoms with van der Waals surface area (Å²) in [5.74, 6) is 0.317. The van der Waals surface area contributed by atoms with E-state index in [1.54, 1.807) is 11.0 Å². The number of nitriles is 1. The molecule has 0 aliphatic carbocycles. The summed E-state index contributed by atoms with van der Waals surface area (Å²) in [4.78, 5) is 27.2. The fourth-order valence-electron chi connectivity index (χ4n) is 1.91. The molecular weight excluding hydrogens is 236 g/mol. The van der Waals surface area contributed by atoms with Gasteiger partial charge in [0.1, 0.15) is 17.4 Å². The van der Waals surface area contributed by atoms with Gasteiger partial charge in [0, 0.05) is 32.1 Å². The smallest absolute Gasteiger partial charge is 0.329 e. The molecule has 0 amide bonds. The molecule has 0 atom stereocenters. The van der Waals surface area contributed by atoms with Gasteiger partial charge in [0.15, 0.2) is 0 Å². The van der Waals surface area contributed by atoms with Crippen LogP contribution in [0.4, 0.5) is 11.5 Å². The van der Waals surface area contributed by atoms with Crippen molar-refractivity contribution >= 4 is 17.3 Å². The molecule has 7 nitrogen and oxygen atoms in total. The minimum Gasteiger partial charge on any atom is -0.350 e. The molecule has 0 saturated carbocycles. The fourth-order valence-corrected chi connectivity index (χ4v) is 1.91. The number of hydrogen-bond acceptors (Lipinski definition) is 6. The lowest BCUT2D eigenvalue weighted by Crippen LogP contribution is -2.34. The van der Waals surface area contributed by atoms with Gasteiger partial charge in [-0.15, -0.1) is 0 Å². The van der Waals surface area contributed by atoms with E-state index < -0.39 is 4.92 Å². The number of Topliss-reactive ketones (excluding diaryl/α,β-unsaturated/α-hetero) is 1. The average molecular weight is 246 g/mol. The average Bonchev–Trinajstić information content (AvgIpc) is 2.38. The molecule has 0 aromatic carbocycles. The number of nitro groups is 1. The lowest BCUT2D eigenvalue weighted by atomic mass is 10.1. The van der Waals surface area contributed by atoms with E-state index in [4.69, 9.17) is 5.26 Å². The molecule has 0 radical (unpaired) electrons. The Kier molecular flexibility index (Phi) is 3.19. The van der Waals surface area contributed by atoms with Gasteiger partial charge in [-0.2, -0.15) is 5.26 Å². The first-order chi connectivity index (χ1) is 8.63. The summed E-state index contributed by atoms with van der Waals surface area (Å²) in [6, 6.07) is 3.11. The number of piperidine rings is 1. The zero-order chi connectivity index (χ0) is 13.1. The minimum atomic E-state index is -0.600. The molecule has 0 N–H and O–H groups in total. The molecule has 0 unspecified atom stereocenters. The quantitative estimate of drug-likeness (QED) is 0.570. The second-order valence-electron chi connectivity index (χ2n) is 3.93. The zero-order valence-electron chi connectivity index (χ0n) is 9.50. The van der Waals surface area contributed by atoms with Crippen molar-refractivity contribution < 1.29 is 9.72 Å². The molecule has 1 aliphatic rings. The van der Waals surface area contributed by atoms with Crippen LogP contribution in [-0.4, -0.2) is 28.8 Å². The molecule has 7 heteroatoms. The highest BCUT2D eigenvalue weighted by Gasteiger charge is 2.27. The largest absolute Gasteiger partial charge is 0.350 e. The Bertz CT molecular complexity index is 540. The topological polar surface area (TPSA) is 100 Å². The van der Waals surface area contributed by atoms with Crippen LogP contribution in [0.3, 0.4) is 0 Å². The van der Waals surface area contributed by atoms with Gasteiger partial charge in [-0.25, -0.2) is 4.98 Å². The second-order valence-corrected chi connectivity index (χ2v) is 3.93. The van der Waals surface area contributed by atoms with Crippen molar-refractivity contribution in [2.24, 2.45) is 0 Å². The number of ketones is 1. The third kappa shape index (κ3) is 2.13. The summed E-state index contributed by atoms with van der Waals surface area (Å²) in [5, 5.41) is 19.9. The van der Waals surface area contributed by atoms with E-state index in [2.05, 4.69) is 4.98 Å². The minimum absolute atomic E-state index is 0.0121. The van der Waals surface area contributed by atoms with Crippen LogP contribution in [0.5, 0.6) is 0 Å². The Hall–Kier alpha value is -2.49. The number of rotatable bonds is 2. The third-order valence-corrected chi connectivity index (χ3v) is 2.83. The summed E-state index contributed by atoms with van der Waals surface area (Å²) >= 11 is 0. The number of nitrogens with zero attached hydrogens (tertiary/aromatic N) is 4. The van der Waals surface area contributed by atoms with Crippen molar-refractivity contribution in [1.29, 1.82) is 5.26 Å². The van der Waals surface area contributed by atoms with Gasteiger partial charge in [0.2, 0.25) is 5.82 Å². The van der Waals surface area contributed by atoms with Gasteiger partial charge < -0.3 is 4.90 Å². The van der Waals surface area contributed by atoms with Gasteiger partial charge in [0.25, 0.3) is 0 Å². The van der Waals surface area contributed by atoms with E-state index in [1.807, 2.05) is 0 Å². The van der Waals surface area contributed by atoms with Crippen molar-refractivity contribution in [3.63, 3.8) is 0 Å². The Balaban J connectivity index is 2.41. The lowest BCUT2D eigenvalue weighted by molar-refractivity contribution is -0.384. The SMILES string of the molecule is N#Cc1ccnc(N2CCC(=O)CC2)c1[N+](=O)[O-]. The molecular formula is C11H10N4O3. The van der Waals surface area contributed by atoms with Gasteiger partial charge >= 0.3 is 5.69 Å². The van der Waals surface area contributed by atoms with Crippen molar-refractivity contribution in [3.8, 4) is 6.07 Å². The maximum absolute atomic E-state index is 11.1. The molecule has 0 bridgehead atoms. The van der Waals surface area contributed by atoms with Crippen LogP contribution in [0.15, 0.2) is 12.3 Å². The molecule has 2 rings (SSSR count). The van der Waals surface area contributed by atoms with Crippen LogP contribution >= 0.6 is 0 Å². The highest BCUT2D eigenvalue weighted by atomic mass is 16.6. The number of hydrogen-bond donors (Lipinski definition) is 0. The van der Waals surface area contributed by atoms with Crippen LogP contribution in [0, 0.1) is 21.4 Å². The van der Waals surface area contributed by atoms with E-state index in [-0.39, 0.29) is 22.9 Å². The van der Waals surface area contributed by atoms with E-state index in [9.17, 15) is 14.9 Å². The molecule has 2 heterocycles. The van der Waals surface area contributed by atoms with E-state index in [1.165, 1.54) is 12.3 Å². The molecule has 92 valence electrons. The summed E-state index contributed by atoms with van der Waals surface area (Å²) in [6.45, 7) is 0.809. The normalized spacial score (nSPS) is 15.3. The predicted octanol–water partition coefficient (Wildman–Crippen LogP) is 1.03. The monoisotopic (exact) mass is 246 g/mol. The lowest BCUT2D eigenvalue weighted by Gasteiger charge is -2.26. The number of aromatic nitrogens is 1. The summed E-state index contributed by atoms with van der Waals surface area (Å²) < 4.78 is 0. The van der Waals surface area contributed by atoms with E-state index >= 15 is 0 Å². The van der Waals surface area contributed by atoms with Crippen LogP contribution < -0.4 is 4.90 Å². The molecule has 1 aliphatic heterocycles. The first-order valence-electron chi connectivity index (χ1n) is 5.43. The summed E-state index contributed by atoms with van der Waals surface area (Å²) in [7, 11) is 0. The van der Waals surface area contributed by atoms with Crippen molar-refractivity contribution in [1.82, 2.24) is 4.98 Å². The molecule has 1 aromatic heterocycles. The predicted molar refractivity (Wildman–Crippen MR) is 62.1 cm³/mol. The maximum atomic E-state index is 11.1. The van der Waals surface area contributed by atoms with Gasteiger partial charge in [0.05, 0.1) is 4.92 Å². The second kappa shape index (κ2) is 4.79. The van der Waals surface area contributed by atoms with E-state index in [0.29, 0.717) is 25.9 Å². The number of carbonyl (C=O) groups is 1. The first-order valence-corrected chi connectivity index (χ1v) is 5.43. The molecule has 1 saturated heterocycles. The summed E-state index contributed by atoms with van der Waals surface area (Å²) in [5.41, 5.74) is -0.295. The van der Waals surface area contributed by atoms with Crippen LogP contribution in [0.1, 0.15) is 18.4 Å². The third-order valence-electron chi connectivity index (χ3n) is 2.83. The number of carbonyl (C=O) groups excluding carboxylic acids is 1. The highest BCUT2D eigenvalue weighted by Crippen LogP contribution is 2.30. The Morgan fingerprint density at radius 3 is 2.67 bits per heavy atom. The Labute approximate surface area is 103 Å². The van der Waals surface area contributed by atoms with Crippen LogP contribution in [-0.2, 0) is 4.79 Å². The van der Waals surface area contributed by atoms with E-state index in [0.717, 1.165) is 0 Å². The molecule has 0 spiro atoms. The fraction of sp³-hybridized carbons (Fsp3) is 0.364. The van der Waals surface area contributed by atoms with Gasteiger partial charge in [-0.3, -0.25) is 14.9 Å². The standard InChI is InChI=1S/C11H10N4O3/c12-7-8-1-4-13-11(10(8)15(17)18)14-5-2-9(16)3-6-14/h1,4H,2-3,5-6H2. The van der Waals surface area contributed by atoms with Crippen molar-refractivity contribution in [2.75, 3.05) is 18.0 Å². The zero-order valence-corrected chi connectivity index (χ0v) is 9.50. The Morgan fingerprint density at radius 1 is 1.44 bits per heavy atom.